The number of hydrogen-bond acceptors (Lipinski definition) is 5. The Labute approximate surface area is 185 Å². The quantitative estimate of drug-likeness (QED) is 0.497. The van der Waals surface area contributed by atoms with Gasteiger partial charge in [0.15, 0.2) is 5.82 Å². The van der Waals surface area contributed by atoms with E-state index in [2.05, 4.69) is 26.6 Å². The maximum atomic E-state index is 12.7. The molecule has 32 heavy (non-hydrogen) atoms. The zero-order valence-electron chi connectivity index (χ0n) is 18.2. The van der Waals surface area contributed by atoms with Gasteiger partial charge in [-0.3, -0.25) is 14.6 Å². The number of ether oxygens (including phenoxy) is 1. The number of nitrogens with zero attached hydrogens (tertiary/aromatic N) is 2. The molecule has 1 unspecified atom stereocenters. The summed E-state index contributed by atoms with van der Waals surface area (Å²) in [7, 11) is 3.33. The van der Waals surface area contributed by atoms with Crippen LogP contribution in [0.25, 0.3) is 10.8 Å². The molecular formula is C23H27N5O4. The van der Waals surface area contributed by atoms with Crippen LogP contribution in [-0.2, 0) is 22.6 Å². The van der Waals surface area contributed by atoms with Gasteiger partial charge in [-0.05, 0) is 36.3 Å². The molecular weight excluding hydrogens is 410 g/mol. The van der Waals surface area contributed by atoms with Crippen LogP contribution in [0.1, 0.15) is 37.1 Å². The SMILES string of the molecule is COc1ccc(CC2(CCC(=O)N(C)Cc3n[nH]c(=O)[nH]3)CCC(=O)N2)c2ccccc12. The van der Waals surface area contributed by atoms with Gasteiger partial charge in [0.05, 0.1) is 13.7 Å². The Morgan fingerprint density at radius 3 is 2.62 bits per heavy atom. The standard InChI is InChI=1S/C23H27N5O4/c1-28(14-19-24-22(31)27-26-19)21(30)10-12-23(11-9-20(29)25-23)13-15-7-8-18(32-2)17-6-4-3-5-16(15)17/h3-8H,9-14H2,1-2H3,(H,25,29)(H2,24,26,27,31). The van der Waals surface area contributed by atoms with Crippen LogP contribution in [0.3, 0.4) is 0 Å². The zero-order chi connectivity index (χ0) is 22.7. The van der Waals surface area contributed by atoms with Gasteiger partial charge in [-0.15, -0.1) is 0 Å². The first kappa shape index (κ1) is 21.6. The van der Waals surface area contributed by atoms with E-state index < -0.39 is 11.2 Å². The Hall–Kier alpha value is -3.62. The van der Waals surface area contributed by atoms with Crippen LogP contribution in [0.4, 0.5) is 0 Å². The third-order valence-electron chi connectivity index (χ3n) is 6.14. The first-order chi connectivity index (χ1) is 15.4. The van der Waals surface area contributed by atoms with E-state index in [0.29, 0.717) is 31.5 Å². The number of benzene rings is 2. The van der Waals surface area contributed by atoms with E-state index in [4.69, 9.17) is 4.74 Å². The fourth-order valence-electron chi connectivity index (χ4n) is 4.44. The van der Waals surface area contributed by atoms with E-state index in [0.717, 1.165) is 22.1 Å². The highest BCUT2D eigenvalue weighted by Gasteiger charge is 2.38. The first-order valence-corrected chi connectivity index (χ1v) is 10.6. The third kappa shape index (κ3) is 4.51. The Balaban J connectivity index is 1.51. The number of nitrogens with one attached hydrogen (secondary N) is 3. The lowest BCUT2D eigenvalue weighted by atomic mass is 9.83. The van der Waals surface area contributed by atoms with Gasteiger partial charge in [-0.25, -0.2) is 9.89 Å². The average molecular weight is 438 g/mol. The molecule has 3 aromatic rings. The van der Waals surface area contributed by atoms with E-state index in [1.54, 1.807) is 14.2 Å². The summed E-state index contributed by atoms with van der Waals surface area (Å²) in [6, 6.07) is 12.0. The predicted molar refractivity (Wildman–Crippen MR) is 119 cm³/mol. The molecule has 9 nitrogen and oxygen atoms in total. The lowest BCUT2D eigenvalue weighted by Crippen LogP contribution is -2.44. The van der Waals surface area contributed by atoms with Crippen LogP contribution in [0.15, 0.2) is 41.2 Å². The third-order valence-corrected chi connectivity index (χ3v) is 6.14. The number of methoxy groups -OCH3 is 1. The van der Waals surface area contributed by atoms with Crippen molar-refractivity contribution in [3.05, 3.63) is 58.3 Å². The van der Waals surface area contributed by atoms with E-state index in [9.17, 15) is 14.4 Å². The molecule has 1 aromatic heterocycles. The summed E-state index contributed by atoms with van der Waals surface area (Å²) in [5.74, 6) is 1.15. The second-order valence-corrected chi connectivity index (χ2v) is 8.35. The molecule has 0 bridgehead atoms. The maximum absolute atomic E-state index is 12.7. The summed E-state index contributed by atoms with van der Waals surface area (Å²) in [4.78, 5) is 40.2. The highest BCUT2D eigenvalue weighted by atomic mass is 16.5. The minimum atomic E-state index is -0.481. The van der Waals surface area contributed by atoms with Crippen molar-refractivity contribution in [2.45, 2.75) is 44.2 Å². The monoisotopic (exact) mass is 437 g/mol. The Bertz CT molecular complexity index is 1200. The topological polar surface area (TPSA) is 120 Å². The number of fused-ring (bicyclic) bond motifs is 1. The highest BCUT2D eigenvalue weighted by molar-refractivity contribution is 5.91. The van der Waals surface area contributed by atoms with Crippen molar-refractivity contribution in [3.63, 3.8) is 0 Å². The van der Waals surface area contributed by atoms with Crippen LogP contribution < -0.4 is 15.7 Å². The van der Waals surface area contributed by atoms with Crippen molar-refractivity contribution >= 4 is 22.6 Å². The summed E-state index contributed by atoms with van der Waals surface area (Å²) < 4.78 is 5.50. The molecule has 3 N–H and O–H groups in total. The van der Waals surface area contributed by atoms with Crippen LogP contribution in [0, 0.1) is 0 Å². The molecule has 4 rings (SSSR count). The minimum absolute atomic E-state index is 0.0118. The van der Waals surface area contributed by atoms with Crippen molar-refractivity contribution in [1.82, 2.24) is 25.4 Å². The lowest BCUT2D eigenvalue weighted by Gasteiger charge is -2.30. The Morgan fingerprint density at radius 2 is 1.97 bits per heavy atom. The summed E-state index contributed by atoms with van der Waals surface area (Å²) in [6.45, 7) is 0.208. The van der Waals surface area contributed by atoms with Crippen molar-refractivity contribution in [1.29, 1.82) is 0 Å². The molecule has 168 valence electrons. The summed E-state index contributed by atoms with van der Waals surface area (Å²) in [5, 5.41) is 11.4. The van der Waals surface area contributed by atoms with Crippen molar-refractivity contribution in [3.8, 4) is 5.75 Å². The molecule has 1 saturated heterocycles. The number of carbonyl (C=O) groups is 2. The summed E-state index contributed by atoms with van der Waals surface area (Å²) >= 11 is 0. The number of amides is 2. The van der Waals surface area contributed by atoms with Gasteiger partial charge in [0.1, 0.15) is 5.75 Å². The van der Waals surface area contributed by atoms with E-state index in [1.165, 1.54) is 4.90 Å². The zero-order valence-corrected chi connectivity index (χ0v) is 18.2. The molecule has 0 spiro atoms. The number of H-pyrrole nitrogens is 2. The largest absolute Gasteiger partial charge is 0.496 e. The summed E-state index contributed by atoms with van der Waals surface area (Å²) in [6.07, 6.45) is 2.56. The molecule has 0 saturated carbocycles. The fourth-order valence-corrected chi connectivity index (χ4v) is 4.44. The number of rotatable bonds is 8. The molecule has 1 fully saturated rings. The Kier molecular flexibility index (Phi) is 5.98. The Morgan fingerprint density at radius 1 is 1.19 bits per heavy atom. The van der Waals surface area contributed by atoms with Crippen molar-refractivity contribution in [2.24, 2.45) is 0 Å². The molecule has 1 aliphatic rings. The molecule has 0 aliphatic carbocycles. The van der Waals surface area contributed by atoms with E-state index in [-0.39, 0.29) is 24.8 Å². The first-order valence-electron chi connectivity index (χ1n) is 10.6. The molecule has 9 heteroatoms. The van der Waals surface area contributed by atoms with E-state index in [1.807, 2.05) is 30.3 Å². The van der Waals surface area contributed by atoms with Crippen LogP contribution >= 0.6 is 0 Å². The van der Waals surface area contributed by atoms with Crippen LogP contribution in [0.2, 0.25) is 0 Å². The van der Waals surface area contributed by atoms with E-state index >= 15 is 0 Å². The molecule has 2 amide bonds. The van der Waals surface area contributed by atoms with Crippen molar-refractivity contribution in [2.75, 3.05) is 14.2 Å². The van der Waals surface area contributed by atoms with Gasteiger partial charge in [-0.2, -0.15) is 5.10 Å². The molecule has 2 heterocycles. The van der Waals surface area contributed by atoms with Gasteiger partial charge < -0.3 is 15.0 Å². The van der Waals surface area contributed by atoms with Gasteiger partial charge in [0.25, 0.3) is 0 Å². The molecule has 2 aromatic carbocycles. The molecule has 1 atom stereocenters. The number of carbonyl (C=O) groups excluding carboxylic acids is 2. The minimum Gasteiger partial charge on any atom is -0.496 e. The number of aromatic amines is 2. The number of aromatic nitrogens is 3. The fraction of sp³-hybridized carbons (Fsp3) is 0.391. The molecule has 1 aliphatic heterocycles. The normalized spacial score (nSPS) is 18.0. The van der Waals surface area contributed by atoms with Gasteiger partial charge in [0, 0.05) is 30.8 Å². The summed E-state index contributed by atoms with van der Waals surface area (Å²) in [5.41, 5.74) is 0.227. The van der Waals surface area contributed by atoms with Crippen LogP contribution in [-0.4, -0.2) is 51.6 Å². The number of hydrogen-bond donors (Lipinski definition) is 3. The lowest BCUT2D eigenvalue weighted by molar-refractivity contribution is -0.131. The van der Waals surface area contributed by atoms with Gasteiger partial charge in [-0.1, -0.05) is 30.3 Å². The van der Waals surface area contributed by atoms with Crippen molar-refractivity contribution < 1.29 is 14.3 Å². The average Bonchev–Trinajstić information content (AvgIpc) is 3.37. The highest BCUT2D eigenvalue weighted by Crippen LogP contribution is 2.35. The smallest absolute Gasteiger partial charge is 0.340 e. The second kappa shape index (κ2) is 8.86. The van der Waals surface area contributed by atoms with Gasteiger partial charge in [0.2, 0.25) is 11.8 Å². The van der Waals surface area contributed by atoms with Gasteiger partial charge >= 0.3 is 5.69 Å². The maximum Gasteiger partial charge on any atom is 0.340 e. The molecule has 0 radical (unpaired) electrons. The second-order valence-electron chi connectivity index (χ2n) is 8.35. The van der Waals surface area contributed by atoms with Crippen LogP contribution in [0.5, 0.6) is 5.75 Å². The predicted octanol–water partition coefficient (Wildman–Crippen LogP) is 1.89.